The van der Waals surface area contributed by atoms with E-state index in [0.717, 1.165) is 0 Å². The Labute approximate surface area is 94.3 Å². The maximum atomic E-state index is 10.4. The van der Waals surface area contributed by atoms with Gasteiger partial charge in [0.15, 0.2) is 11.3 Å². The van der Waals surface area contributed by atoms with Gasteiger partial charge in [0.2, 0.25) is 0 Å². The van der Waals surface area contributed by atoms with Gasteiger partial charge in [-0.1, -0.05) is 0 Å². The van der Waals surface area contributed by atoms with Crippen LogP contribution < -0.4 is 9.47 Å². The molecular weight excluding hydrogens is 238 g/mol. The smallest absolute Gasteiger partial charge is 0.493 e. The molecule has 1 N–H and O–H groups in total. The summed E-state index contributed by atoms with van der Waals surface area (Å²) in [5.74, 6) is 0.384. The van der Waals surface area contributed by atoms with E-state index >= 15 is 0 Å². The lowest BCUT2D eigenvalue weighted by atomic mass is 10.3. The number of fused-ring (bicyclic) bond motifs is 1. The Morgan fingerprint density at radius 1 is 1.56 bits per heavy atom. The van der Waals surface area contributed by atoms with Gasteiger partial charge in [0.1, 0.15) is 11.3 Å². The van der Waals surface area contributed by atoms with Crippen LogP contribution in [0.5, 0.6) is 11.5 Å². The van der Waals surface area contributed by atoms with Gasteiger partial charge < -0.3 is 19.0 Å². The van der Waals surface area contributed by atoms with Crippen LogP contribution >= 0.6 is 11.6 Å². The van der Waals surface area contributed by atoms with Crippen molar-refractivity contribution >= 4 is 28.9 Å². The van der Waals surface area contributed by atoms with Crippen LogP contribution in [0.4, 0.5) is 4.79 Å². The van der Waals surface area contributed by atoms with Crippen LogP contribution in [0.25, 0.3) is 11.1 Å². The van der Waals surface area contributed by atoms with Crippen molar-refractivity contribution in [1.29, 1.82) is 0 Å². The summed E-state index contributed by atoms with van der Waals surface area (Å²) in [4.78, 5) is 14.2. The van der Waals surface area contributed by atoms with Crippen LogP contribution in [0.1, 0.15) is 0 Å². The van der Waals surface area contributed by atoms with Crippen LogP contribution in [0.2, 0.25) is 5.35 Å². The minimum Gasteiger partial charge on any atom is -0.493 e. The summed E-state index contributed by atoms with van der Waals surface area (Å²) in [6.45, 7) is 0. The topological polar surface area (TPSA) is 81.8 Å². The quantitative estimate of drug-likeness (QED) is 0.645. The van der Waals surface area contributed by atoms with Crippen molar-refractivity contribution in [2.24, 2.45) is 0 Å². The number of ether oxygens (including phenoxy) is 2. The Kier molecular flexibility index (Phi) is 2.57. The standard InChI is InChI=1S/C9H6ClNO5/c1-14-6-3-4(15-9(12)13)2-5-7(6)16-8(10)11-5/h2-3H,1H3,(H,12,13). The third-order valence-corrected chi connectivity index (χ3v) is 1.99. The first-order chi connectivity index (χ1) is 7.60. The summed E-state index contributed by atoms with van der Waals surface area (Å²) in [7, 11) is 1.41. The number of halogens is 1. The van der Waals surface area contributed by atoms with E-state index < -0.39 is 6.16 Å². The predicted molar refractivity (Wildman–Crippen MR) is 54.2 cm³/mol. The van der Waals surface area contributed by atoms with Crippen LogP contribution in [-0.2, 0) is 0 Å². The number of carboxylic acid groups (broad SMARTS) is 1. The molecule has 0 aliphatic rings. The van der Waals surface area contributed by atoms with E-state index in [9.17, 15) is 4.79 Å². The van der Waals surface area contributed by atoms with E-state index in [1.54, 1.807) is 0 Å². The number of hydrogen-bond donors (Lipinski definition) is 1. The average molecular weight is 244 g/mol. The second-order valence-corrected chi connectivity index (χ2v) is 3.13. The molecule has 0 aliphatic carbocycles. The Morgan fingerprint density at radius 3 is 2.94 bits per heavy atom. The highest BCUT2D eigenvalue weighted by molar-refractivity contribution is 6.28. The van der Waals surface area contributed by atoms with Crippen molar-refractivity contribution in [3.8, 4) is 11.5 Å². The molecule has 1 aromatic carbocycles. The minimum absolute atomic E-state index is 0.0548. The molecule has 0 radical (unpaired) electrons. The summed E-state index contributed by atoms with van der Waals surface area (Å²) in [5.41, 5.74) is 0.700. The third-order valence-electron chi connectivity index (χ3n) is 1.83. The van der Waals surface area contributed by atoms with Crippen molar-refractivity contribution in [3.05, 3.63) is 17.5 Å². The van der Waals surface area contributed by atoms with E-state index in [4.69, 9.17) is 25.9 Å². The molecule has 6 nitrogen and oxygen atoms in total. The van der Waals surface area contributed by atoms with Gasteiger partial charge in [0.25, 0.3) is 5.35 Å². The summed E-state index contributed by atoms with van der Waals surface area (Å²) in [5, 5.41) is 8.42. The molecule has 2 aromatic rings. The average Bonchev–Trinajstić information content (AvgIpc) is 2.56. The van der Waals surface area contributed by atoms with Gasteiger partial charge in [0, 0.05) is 12.1 Å². The first-order valence-corrected chi connectivity index (χ1v) is 4.53. The number of carbonyl (C=O) groups is 1. The molecule has 0 spiro atoms. The zero-order valence-corrected chi connectivity index (χ0v) is 8.82. The predicted octanol–water partition coefficient (Wildman–Crippen LogP) is 2.55. The van der Waals surface area contributed by atoms with Gasteiger partial charge >= 0.3 is 6.16 Å². The highest BCUT2D eigenvalue weighted by Gasteiger charge is 2.13. The van der Waals surface area contributed by atoms with Crippen LogP contribution in [0, 0.1) is 0 Å². The largest absolute Gasteiger partial charge is 0.511 e. The first-order valence-electron chi connectivity index (χ1n) is 4.15. The Morgan fingerprint density at radius 2 is 2.31 bits per heavy atom. The maximum absolute atomic E-state index is 10.4. The van der Waals surface area contributed by atoms with Gasteiger partial charge in [-0.05, 0) is 11.6 Å². The molecular formula is C9H6ClNO5. The first kappa shape index (κ1) is 10.6. The summed E-state index contributed by atoms with van der Waals surface area (Å²) in [6.07, 6.45) is -1.42. The molecule has 2 rings (SSSR count). The van der Waals surface area contributed by atoms with E-state index in [-0.39, 0.29) is 11.1 Å². The summed E-state index contributed by atoms with van der Waals surface area (Å²) >= 11 is 5.58. The fourth-order valence-corrected chi connectivity index (χ4v) is 1.43. The number of aromatic nitrogens is 1. The molecule has 1 heterocycles. The number of oxazole rings is 1. The van der Waals surface area contributed by atoms with E-state index in [0.29, 0.717) is 16.8 Å². The Hall–Kier alpha value is -1.95. The fraction of sp³-hybridized carbons (Fsp3) is 0.111. The number of hydrogen-bond acceptors (Lipinski definition) is 5. The van der Waals surface area contributed by atoms with E-state index in [2.05, 4.69) is 9.72 Å². The molecule has 0 unspecified atom stereocenters. The summed E-state index contributed by atoms with van der Waals surface area (Å²) < 4.78 is 14.6. The second-order valence-electron chi connectivity index (χ2n) is 2.81. The Balaban J connectivity index is 2.57. The van der Waals surface area contributed by atoms with Gasteiger partial charge in [0.05, 0.1) is 7.11 Å². The van der Waals surface area contributed by atoms with E-state index in [1.165, 1.54) is 19.2 Å². The zero-order chi connectivity index (χ0) is 11.7. The van der Waals surface area contributed by atoms with Crippen LogP contribution in [0.3, 0.4) is 0 Å². The van der Waals surface area contributed by atoms with Crippen LogP contribution in [0.15, 0.2) is 16.5 Å². The molecule has 7 heteroatoms. The molecule has 1 aromatic heterocycles. The summed E-state index contributed by atoms with van der Waals surface area (Å²) in [6, 6.07) is 2.76. The second kappa shape index (κ2) is 3.90. The lowest BCUT2D eigenvalue weighted by Gasteiger charge is -2.03. The maximum Gasteiger partial charge on any atom is 0.511 e. The number of benzene rings is 1. The highest BCUT2D eigenvalue weighted by Crippen LogP contribution is 2.32. The molecule has 84 valence electrons. The molecule has 0 saturated heterocycles. The zero-order valence-electron chi connectivity index (χ0n) is 8.06. The molecule has 0 saturated carbocycles. The monoisotopic (exact) mass is 243 g/mol. The van der Waals surface area contributed by atoms with Gasteiger partial charge in [-0.25, -0.2) is 4.79 Å². The minimum atomic E-state index is -1.42. The van der Waals surface area contributed by atoms with Gasteiger partial charge in [-0.15, -0.1) is 0 Å². The molecule has 0 aliphatic heterocycles. The van der Waals surface area contributed by atoms with Crippen LogP contribution in [-0.4, -0.2) is 23.4 Å². The SMILES string of the molecule is COc1cc(OC(=O)O)cc2nc(Cl)oc12. The van der Waals surface area contributed by atoms with Crippen molar-refractivity contribution in [2.75, 3.05) is 7.11 Å². The molecule has 0 amide bonds. The van der Waals surface area contributed by atoms with Crippen molar-refractivity contribution in [3.63, 3.8) is 0 Å². The van der Waals surface area contributed by atoms with Crippen molar-refractivity contribution in [2.45, 2.75) is 0 Å². The fourth-order valence-electron chi connectivity index (χ4n) is 1.26. The normalized spacial score (nSPS) is 10.4. The third kappa shape index (κ3) is 1.87. The molecule has 0 bridgehead atoms. The van der Waals surface area contributed by atoms with Gasteiger partial charge in [-0.2, -0.15) is 4.98 Å². The van der Waals surface area contributed by atoms with Crippen molar-refractivity contribution in [1.82, 2.24) is 4.98 Å². The van der Waals surface area contributed by atoms with Crippen molar-refractivity contribution < 1.29 is 23.8 Å². The Bertz CT molecular complexity index is 550. The molecule has 0 atom stereocenters. The van der Waals surface area contributed by atoms with Gasteiger partial charge in [-0.3, -0.25) is 0 Å². The number of rotatable bonds is 2. The lowest BCUT2D eigenvalue weighted by Crippen LogP contribution is -2.03. The number of nitrogens with zero attached hydrogens (tertiary/aromatic N) is 1. The van der Waals surface area contributed by atoms with E-state index in [1.807, 2.05) is 0 Å². The molecule has 0 fully saturated rings. The number of methoxy groups -OCH3 is 1. The molecule has 16 heavy (non-hydrogen) atoms. The highest BCUT2D eigenvalue weighted by atomic mass is 35.5. The lowest BCUT2D eigenvalue weighted by molar-refractivity contribution is 0.144.